The van der Waals surface area contributed by atoms with Crippen LogP contribution in [-0.4, -0.2) is 59.9 Å². The van der Waals surface area contributed by atoms with Crippen LogP contribution < -0.4 is 14.2 Å². The normalized spacial score (nSPS) is 12.9. The molecule has 2 N–H and O–H groups in total. The summed E-state index contributed by atoms with van der Waals surface area (Å²) in [7, 11) is 0. The third-order valence-electron chi connectivity index (χ3n) is 5.96. The summed E-state index contributed by atoms with van der Waals surface area (Å²) in [5, 5.41) is 19.7. The lowest BCUT2D eigenvalue weighted by molar-refractivity contribution is -0.139. The summed E-state index contributed by atoms with van der Waals surface area (Å²) in [5.74, 6) is 0.448. The van der Waals surface area contributed by atoms with Gasteiger partial charge in [-0.15, -0.1) is 6.58 Å². The number of allylic oxidation sites excluding steroid dienone is 1. The van der Waals surface area contributed by atoms with Gasteiger partial charge in [0.2, 0.25) is 0 Å². The van der Waals surface area contributed by atoms with Gasteiger partial charge in [-0.05, 0) is 49.9 Å². The number of phenolic OH excluding ortho intramolecular Hbond substituents is 1. The highest BCUT2D eigenvalue weighted by Gasteiger charge is 2.24. The van der Waals surface area contributed by atoms with E-state index >= 15 is 0 Å². The second kappa shape index (κ2) is 13.4. The van der Waals surface area contributed by atoms with Gasteiger partial charge in [-0.2, -0.15) is 0 Å². The van der Waals surface area contributed by atoms with Crippen molar-refractivity contribution in [3.8, 4) is 23.0 Å². The first-order valence-corrected chi connectivity index (χ1v) is 12.4. The summed E-state index contributed by atoms with van der Waals surface area (Å²) < 4.78 is 17.3. The summed E-state index contributed by atoms with van der Waals surface area (Å²) in [5.41, 5.74) is 1.68. The van der Waals surface area contributed by atoms with E-state index in [1.54, 1.807) is 35.2 Å². The lowest BCUT2D eigenvalue weighted by Crippen LogP contribution is -2.27. The summed E-state index contributed by atoms with van der Waals surface area (Å²) in [6.45, 7) is 7.54. The molecule has 0 bridgehead atoms. The highest BCUT2D eigenvalue weighted by molar-refractivity contribution is 5.97. The van der Waals surface area contributed by atoms with Crippen LogP contribution in [0.4, 0.5) is 0 Å². The average Bonchev–Trinajstić information content (AvgIpc) is 3.40. The van der Waals surface area contributed by atoms with Crippen molar-refractivity contribution >= 4 is 11.9 Å². The van der Waals surface area contributed by atoms with Gasteiger partial charge in [0.15, 0.2) is 6.61 Å². The molecule has 0 spiro atoms. The standard InChI is InChI=1S/C28H35NO7/c1-3-9-20-23(11-7-12-24(20)36-19-26(30)31)34-17-8-18-35-25-14-13-22(27(32)21(25)10-4-2)28(33)29-15-5-6-16-29/h4,7,11-14,32H,2-3,5-6,8-10,15-19H2,1H3,(H,30,31). The van der Waals surface area contributed by atoms with Gasteiger partial charge in [0.05, 0.1) is 18.8 Å². The number of carbonyl (C=O) groups is 2. The Bertz CT molecular complexity index is 1060. The fourth-order valence-electron chi connectivity index (χ4n) is 4.23. The Hall–Kier alpha value is -3.68. The van der Waals surface area contributed by atoms with Gasteiger partial charge in [0.25, 0.3) is 5.91 Å². The van der Waals surface area contributed by atoms with E-state index in [0.717, 1.165) is 24.8 Å². The van der Waals surface area contributed by atoms with Gasteiger partial charge < -0.3 is 29.3 Å². The van der Waals surface area contributed by atoms with Crippen LogP contribution in [0.2, 0.25) is 0 Å². The summed E-state index contributed by atoms with van der Waals surface area (Å²) in [6.07, 6.45) is 6.15. The number of likely N-dealkylation sites (tertiary alicyclic amines) is 1. The summed E-state index contributed by atoms with van der Waals surface area (Å²) in [6, 6.07) is 8.71. The molecule has 2 aromatic carbocycles. The molecule has 0 atom stereocenters. The van der Waals surface area contributed by atoms with Crippen molar-refractivity contribution in [2.45, 2.75) is 45.4 Å². The molecule has 0 radical (unpaired) electrons. The molecule has 1 saturated heterocycles. The van der Waals surface area contributed by atoms with Crippen LogP contribution in [0, 0.1) is 0 Å². The number of hydrogen-bond donors (Lipinski definition) is 2. The van der Waals surface area contributed by atoms with E-state index in [1.165, 1.54) is 0 Å². The lowest BCUT2D eigenvalue weighted by Gasteiger charge is -2.19. The highest BCUT2D eigenvalue weighted by Crippen LogP contribution is 2.34. The number of benzene rings is 2. The van der Waals surface area contributed by atoms with E-state index in [2.05, 4.69) is 6.58 Å². The summed E-state index contributed by atoms with van der Waals surface area (Å²) in [4.78, 5) is 25.4. The molecule has 0 unspecified atom stereocenters. The van der Waals surface area contributed by atoms with Crippen LogP contribution in [0.3, 0.4) is 0 Å². The van der Waals surface area contributed by atoms with Crippen molar-refractivity contribution in [1.29, 1.82) is 0 Å². The molecule has 194 valence electrons. The largest absolute Gasteiger partial charge is 0.507 e. The Kier molecular flexibility index (Phi) is 10.0. The van der Waals surface area contributed by atoms with E-state index < -0.39 is 12.6 Å². The zero-order valence-corrected chi connectivity index (χ0v) is 20.8. The molecular formula is C28H35NO7. The molecule has 0 saturated carbocycles. The fraction of sp³-hybridized carbons (Fsp3) is 0.429. The first-order chi connectivity index (χ1) is 17.5. The smallest absolute Gasteiger partial charge is 0.341 e. The molecule has 8 nitrogen and oxygen atoms in total. The van der Waals surface area contributed by atoms with E-state index in [-0.39, 0.29) is 17.2 Å². The van der Waals surface area contributed by atoms with Crippen molar-refractivity contribution in [2.24, 2.45) is 0 Å². The first kappa shape index (κ1) is 26.9. The third-order valence-corrected chi connectivity index (χ3v) is 5.96. The van der Waals surface area contributed by atoms with Crippen LogP contribution in [0.5, 0.6) is 23.0 Å². The third kappa shape index (κ3) is 6.93. The molecule has 36 heavy (non-hydrogen) atoms. The zero-order chi connectivity index (χ0) is 25.9. The maximum Gasteiger partial charge on any atom is 0.341 e. The fourth-order valence-corrected chi connectivity index (χ4v) is 4.23. The molecule has 8 heteroatoms. The molecule has 2 aromatic rings. The van der Waals surface area contributed by atoms with Crippen LogP contribution in [0.25, 0.3) is 0 Å². The Morgan fingerprint density at radius 1 is 1.00 bits per heavy atom. The van der Waals surface area contributed by atoms with E-state index in [9.17, 15) is 14.7 Å². The number of phenols is 1. The Morgan fingerprint density at radius 2 is 1.64 bits per heavy atom. The topological polar surface area (TPSA) is 106 Å². The number of rotatable bonds is 14. The van der Waals surface area contributed by atoms with Crippen LogP contribution in [0.1, 0.15) is 54.1 Å². The quantitative estimate of drug-likeness (QED) is 0.290. The minimum absolute atomic E-state index is 0.0528. The van der Waals surface area contributed by atoms with Crippen LogP contribution in [-0.2, 0) is 17.6 Å². The summed E-state index contributed by atoms with van der Waals surface area (Å²) >= 11 is 0. The average molecular weight is 498 g/mol. The molecule has 1 amide bonds. The Balaban J connectivity index is 1.60. The van der Waals surface area contributed by atoms with Gasteiger partial charge in [0, 0.05) is 30.6 Å². The minimum Gasteiger partial charge on any atom is -0.507 e. The molecule has 3 rings (SSSR count). The van der Waals surface area contributed by atoms with E-state index in [0.29, 0.717) is 68.4 Å². The molecule has 0 aromatic heterocycles. The number of carboxylic acids is 1. The van der Waals surface area contributed by atoms with E-state index in [1.807, 2.05) is 13.0 Å². The number of carbonyl (C=O) groups excluding carboxylic acids is 1. The predicted octanol–water partition coefficient (Wildman–Crippen LogP) is 4.62. The first-order valence-electron chi connectivity index (χ1n) is 12.4. The molecule has 1 aliphatic heterocycles. The SMILES string of the molecule is C=CCc1c(OCCCOc2cccc(OCC(=O)O)c2CCC)ccc(C(=O)N2CCCC2)c1O. The van der Waals surface area contributed by atoms with Gasteiger partial charge in [-0.1, -0.05) is 25.5 Å². The maximum atomic E-state index is 12.8. The van der Waals surface area contributed by atoms with Gasteiger partial charge >= 0.3 is 5.97 Å². The maximum absolute atomic E-state index is 12.8. The Morgan fingerprint density at radius 3 is 2.25 bits per heavy atom. The van der Waals surface area contributed by atoms with Gasteiger partial charge in [-0.25, -0.2) is 4.79 Å². The molecule has 0 aliphatic carbocycles. The number of ether oxygens (including phenoxy) is 3. The van der Waals surface area contributed by atoms with Gasteiger partial charge in [0.1, 0.15) is 23.0 Å². The molecule has 1 fully saturated rings. The second-order valence-corrected chi connectivity index (χ2v) is 8.65. The number of hydrogen-bond acceptors (Lipinski definition) is 6. The second-order valence-electron chi connectivity index (χ2n) is 8.65. The van der Waals surface area contributed by atoms with Crippen molar-refractivity contribution in [3.05, 3.63) is 59.7 Å². The molecule has 1 heterocycles. The minimum atomic E-state index is -1.03. The highest BCUT2D eigenvalue weighted by atomic mass is 16.5. The van der Waals surface area contributed by atoms with Crippen molar-refractivity contribution in [3.63, 3.8) is 0 Å². The number of aliphatic carboxylic acids is 1. The van der Waals surface area contributed by atoms with Crippen molar-refractivity contribution < 1.29 is 34.0 Å². The monoisotopic (exact) mass is 497 g/mol. The van der Waals surface area contributed by atoms with E-state index in [4.69, 9.17) is 19.3 Å². The van der Waals surface area contributed by atoms with Crippen molar-refractivity contribution in [2.75, 3.05) is 32.9 Å². The zero-order valence-electron chi connectivity index (χ0n) is 20.8. The molecule has 1 aliphatic rings. The lowest BCUT2D eigenvalue weighted by atomic mass is 10.0. The number of aromatic hydroxyl groups is 1. The Labute approximate surface area is 212 Å². The number of amides is 1. The van der Waals surface area contributed by atoms with Gasteiger partial charge in [-0.3, -0.25) is 4.79 Å². The number of nitrogens with zero attached hydrogens (tertiary/aromatic N) is 1. The number of carboxylic acid groups (broad SMARTS) is 1. The predicted molar refractivity (Wildman–Crippen MR) is 136 cm³/mol. The van der Waals surface area contributed by atoms with Crippen LogP contribution in [0.15, 0.2) is 43.0 Å². The molecular weight excluding hydrogens is 462 g/mol. The van der Waals surface area contributed by atoms with Crippen LogP contribution >= 0.6 is 0 Å². The van der Waals surface area contributed by atoms with Crippen molar-refractivity contribution in [1.82, 2.24) is 4.90 Å².